The summed E-state index contributed by atoms with van der Waals surface area (Å²) in [6, 6.07) is 14.2. The molecule has 3 saturated carbocycles. The van der Waals surface area contributed by atoms with Crippen LogP contribution >= 0.6 is 11.8 Å². The molecule has 13 atom stereocenters. The summed E-state index contributed by atoms with van der Waals surface area (Å²) in [5.41, 5.74) is -8.53. The Morgan fingerprint density at radius 1 is 0.939 bits per heavy atom. The Morgan fingerprint density at radius 2 is 1.56 bits per heavy atom. The first-order valence-electron chi connectivity index (χ1n) is 21.7. The highest BCUT2D eigenvalue weighted by Gasteiger charge is 2.79. The van der Waals surface area contributed by atoms with E-state index in [9.17, 15) is 49.2 Å². The van der Waals surface area contributed by atoms with Gasteiger partial charge in [-0.2, -0.15) is 0 Å². The zero-order chi connectivity index (χ0) is 48.7. The fraction of sp³-hybridized carbons (Fsp3) is 0.596. The number of alkyl carbamates (subject to hydrolysis) is 1. The van der Waals surface area contributed by atoms with E-state index >= 15 is 4.79 Å². The topological polar surface area (TPSA) is 268 Å². The summed E-state index contributed by atoms with van der Waals surface area (Å²) in [7, 11) is 0. The van der Waals surface area contributed by atoms with Crippen LogP contribution in [0.4, 0.5) is 4.79 Å². The lowest BCUT2D eigenvalue weighted by molar-refractivity contribution is -0.355. The number of rotatable bonds is 13. The third-order valence-corrected chi connectivity index (χ3v) is 14.7. The van der Waals surface area contributed by atoms with Gasteiger partial charge < -0.3 is 54.2 Å². The van der Waals surface area contributed by atoms with Crippen molar-refractivity contribution >= 4 is 53.5 Å². The van der Waals surface area contributed by atoms with Gasteiger partial charge in [0.1, 0.15) is 41.7 Å². The van der Waals surface area contributed by atoms with Crippen molar-refractivity contribution in [3.63, 3.8) is 0 Å². The number of nitrogens with one attached hydrogen (secondary N) is 1. The maximum Gasteiger partial charge on any atom is 0.408 e. The number of carbonyl (C=O) groups excluding carboxylic acids is 6. The fourth-order valence-corrected chi connectivity index (χ4v) is 11.1. The molecule has 3 aliphatic carbocycles. The summed E-state index contributed by atoms with van der Waals surface area (Å²) < 4.78 is 35.8. The zero-order valence-corrected chi connectivity index (χ0v) is 38.9. The number of aliphatic carboxylic acids is 1. The summed E-state index contributed by atoms with van der Waals surface area (Å²) in [5, 5.41) is 49.9. The molecule has 66 heavy (non-hydrogen) atoms. The second-order valence-electron chi connectivity index (χ2n) is 19.4. The number of ketones is 1. The maximum atomic E-state index is 15.2. The van der Waals surface area contributed by atoms with Crippen molar-refractivity contribution in [1.82, 2.24) is 5.32 Å². The van der Waals surface area contributed by atoms with Crippen LogP contribution in [0, 0.1) is 28.6 Å². The number of carbonyl (C=O) groups is 7. The van der Waals surface area contributed by atoms with Crippen LogP contribution in [0.25, 0.3) is 0 Å². The average Bonchev–Trinajstić information content (AvgIpc) is 3.23. The molecule has 4 fully saturated rings. The van der Waals surface area contributed by atoms with Crippen LogP contribution in [0.5, 0.6) is 0 Å². The summed E-state index contributed by atoms with van der Waals surface area (Å²) in [6.07, 6.45) is -11.7. The number of aliphatic hydroxyl groups is 3. The van der Waals surface area contributed by atoms with E-state index in [1.807, 2.05) is 0 Å². The van der Waals surface area contributed by atoms with E-state index in [0.717, 1.165) is 6.92 Å². The molecule has 6 rings (SSSR count). The summed E-state index contributed by atoms with van der Waals surface area (Å²) >= 11 is 0.694. The van der Waals surface area contributed by atoms with Gasteiger partial charge in [0.25, 0.3) is 0 Å². The summed E-state index contributed by atoms with van der Waals surface area (Å²) in [5.74, 6) is -11.1. The fourth-order valence-electron chi connectivity index (χ4n) is 10.6. The van der Waals surface area contributed by atoms with Gasteiger partial charge in [-0.3, -0.25) is 19.2 Å². The van der Waals surface area contributed by atoms with E-state index in [4.69, 9.17) is 28.4 Å². The predicted octanol–water partition coefficient (Wildman–Crippen LogP) is 3.56. The van der Waals surface area contributed by atoms with Gasteiger partial charge in [-0.15, -0.1) is 11.8 Å². The van der Waals surface area contributed by atoms with Crippen LogP contribution in [0.15, 0.2) is 60.7 Å². The number of ether oxygens (including phenoxy) is 6. The number of Topliss-reactive ketones (excluding diaryl/α,β-unsaturated/α-hetero) is 1. The Morgan fingerprint density at radius 3 is 2.12 bits per heavy atom. The molecular formula is C47H59NO17S. The number of amides is 1. The number of carboxylic acid groups (broad SMARTS) is 1. The monoisotopic (exact) mass is 941 g/mol. The van der Waals surface area contributed by atoms with Crippen molar-refractivity contribution in [2.45, 2.75) is 128 Å². The van der Waals surface area contributed by atoms with Crippen LogP contribution in [-0.2, 0) is 52.4 Å². The minimum Gasteiger partial charge on any atom is -0.481 e. The third-order valence-electron chi connectivity index (χ3n) is 13.8. The molecule has 0 spiro atoms. The summed E-state index contributed by atoms with van der Waals surface area (Å²) in [6.45, 7) is 11.7. The number of aliphatic hydroxyl groups excluding tert-OH is 2. The van der Waals surface area contributed by atoms with Gasteiger partial charge in [-0.05, 0) is 51.3 Å². The molecule has 18 nitrogen and oxygen atoms in total. The highest BCUT2D eigenvalue weighted by molar-refractivity contribution is 8.00. The van der Waals surface area contributed by atoms with E-state index in [-0.39, 0.29) is 24.2 Å². The van der Waals surface area contributed by atoms with Crippen LogP contribution < -0.4 is 5.32 Å². The molecule has 4 aliphatic rings. The normalized spacial score (nSPS) is 33.0. The number of thioether (sulfide) groups is 1. The number of esters is 4. The van der Waals surface area contributed by atoms with Gasteiger partial charge in [-0.1, -0.05) is 69.3 Å². The molecule has 19 heteroatoms. The highest BCUT2D eigenvalue weighted by atomic mass is 32.2. The molecule has 1 aliphatic heterocycles. The lowest BCUT2D eigenvalue weighted by atomic mass is 9.42. The van der Waals surface area contributed by atoms with Crippen molar-refractivity contribution in [2.24, 2.45) is 28.6 Å². The molecule has 2 bridgehead atoms. The molecule has 1 amide bonds. The molecule has 0 aromatic heterocycles. The van der Waals surface area contributed by atoms with Gasteiger partial charge in [0.05, 0.1) is 41.1 Å². The Balaban J connectivity index is 1.49. The lowest BCUT2D eigenvalue weighted by Crippen LogP contribution is -2.83. The Bertz CT molecular complexity index is 2180. The molecule has 360 valence electrons. The van der Waals surface area contributed by atoms with Crippen LogP contribution in [-0.4, -0.2) is 134 Å². The molecule has 1 heterocycles. The second-order valence-corrected chi connectivity index (χ2v) is 20.4. The van der Waals surface area contributed by atoms with Crippen molar-refractivity contribution in [1.29, 1.82) is 0 Å². The molecular weight excluding hydrogens is 883 g/mol. The highest BCUT2D eigenvalue weighted by Crippen LogP contribution is 2.65. The molecule has 1 unspecified atom stereocenters. The molecule has 2 aromatic rings. The van der Waals surface area contributed by atoms with Gasteiger partial charge in [0.2, 0.25) is 6.10 Å². The van der Waals surface area contributed by atoms with Crippen molar-refractivity contribution in [3.8, 4) is 0 Å². The molecule has 1 saturated heterocycles. The minimum atomic E-state index is -2.40. The van der Waals surface area contributed by atoms with Crippen LogP contribution in [0.1, 0.15) is 90.2 Å². The zero-order valence-electron chi connectivity index (χ0n) is 38.1. The van der Waals surface area contributed by atoms with E-state index < -0.39 is 148 Å². The Kier molecular flexibility index (Phi) is 14.4. The van der Waals surface area contributed by atoms with Crippen molar-refractivity contribution in [2.75, 3.05) is 18.1 Å². The quantitative estimate of drug-likeness (QED) is 0.142. The van der Waals surface area contributed by atoms with Crippen LogP contribution in [0.2, 0.25) is 0 Å². The maximum absolute atomic E-state index is 15.2. The molecule has 0 radical (unpaired) electrons. The standard InChI is InChI=1S/C47H59NO17S/c1-24-28(61-41(57)36(62-32(53)22-66-21-31(51)52)34(26-15-11-9-12-16-26)48-42(58)65-43(3,4)5)20-47(59)39(63-40(56)27-17-13-10-14-18-27)37-45(8,38(55)35(54)33(24)44(47,6)7)29(50)19-30-46(37,23-60-30)64-25(2)49/h9-18,24,28-30,33-37,39,50,54,59H,19-23H2,1-8H3,(H,48,58)(H,51,52)/t24-,28+,29+,30-,33?,34+,35-,36-,37+,39+,45-,46+,47-/m1/s1. The SMILES string of the molecule is CC(=O)O[C@@]12CO[C@@H]1C[C@H](O)[C@@]1(C)C(=O)[C@H](O)C3[C@H](C)[C@@H](OC(=O)[C@H](OC(=O)CSCC(=O)O)[C@@H](NC(=O)OC(C)(C)C)c4ccccc4)C[C@@](O)([C@@H](OC(=O)c4ccccc4)[C@H]21)C3(C)C. The van der Waals surface area contributed by atoms with Gasteiger partial charge >= 0.3 is 35.9 Å². The Labute approximate surface area is 386 Å². The van der Waals surface area contributed by atoms with Gasteiger partial charge in [-0.25, -0.2) is 14.4 Å². The third kappa shape index (κ3) is 9.41. The number of benzene rings is 2. The summed E-state index contributed by atoms with van der Waals surface area (Å²) in [4.78, 5) is 95.4. The van der Waals surface area contributed by atoms with Crippen molar-refractivity contribution in [3.05, 3.63) is 71.8 Å². The second kappa shape index (κ2) is 18.9. The van der Waals surface area contributed by atoms with E-state index in [1.54, 1.807) is 90.1 Å². The first-order valence-corrected chi connectivity index (χ1v) is 22.9. The number of hydrogen-bond acceptors (Lipinski definition) is 17. The smallest absolute Gasteiger partial charge is 0.408 e. The van der Waals surface area contributed by atoms with Gasteiger partial charge in [0, 0.05) is 31.1 Å². The van der Waals surface area contributed by atoms with Gasteiger partial charge in [0.15, 0.2) is 11.4 Å². The van der Waals surface area contributed by atoms with E-state index in [2.05, 4.69) is 5.32 Å². The number of hydrogen-bond donors (Lipinski definition) is 5. The molecule has 2 aromatic carbocycles. The van der Waals surface area contributed by atoms with Crippen molar-refractivity contribution < 1.29 is 82.4 Å². The van der Waals surface area contributed by atoms with E-state index in [1.165, 1.54) is 19.1 Å². The van der Waals surface area contributed by atoms with Crippen LogP contribution in [0.3, 0.4) is 0 Å². The lowest BCUT2D eigenvalue weighted by Gasteiger charge is -2.68. The average molecular weight is 942 g/mol. The largest absolute Gasteiger partial charge is 0.481 e. The van der Waals surface area contributed by atoms with E-state index in [0.29, 0.717) is 11.8 Å². The Hall–Kier alpha value is -5.08. The predicted molar refractivity (Wildman–Crippen MR) is 232 cm³/mol. The minimum absolute atomic E-state index is 0.0488. The first-order chi connectivity index (χ1) is 30.8. The number of carboxylic acids is 1. The molecule has 5 N–H and O–H groups in total. The number of fused-ring (bicyclic) bond motifs is 5. The first kappa shape index (κ1) is 50.3.